The fourth-order valence-electron chi connectivity index (χ4n) is 2.52. The molecule has 3 rings (SSSR count). The van der Waals surface area contributed by atoms with Gasteiger partial charge >= 0.3 is 0 Å². The van der Waals surface area contributed by atoms with E-state index in [1.807, 2.05) is 6.92 Å². The number of fused-ring (bicyclic) bond motifs is 3. The van der Waals surface area contributed by atoms with Gasteiger partial charge in [-0.1, -0.05) is 30.3 Å². The molecule has 19 heavy (non-hydrogen) atoms. The predicted molar refractivity (Wildman–Crippen MR) is 82.4 cm³/mol. The summed E-state index contributed by atoms with van der Waals surface area (Å²) in [6.45, 7) is 4.40. The van der Waals surface area contributed by atoms with Crippen LogP contribution in [0.1, 0.15) is 12.5 Å². The first-order chi connectivity index (χ1) is 8.74. The molecular weight excluding hydrogens is 281 g/mol. The van der Waals surface area contributed by atoms with Crippen LogP contribution in [0.2, 0.25) is 0 Å². The van der Waals surface area contributed by atoms with Crippen LogP contribution < -0.4 is 4.74 Å². The van der Waals surface area contributed by atoms with Crippen molar-refractivity contribution in [1.82, 2.24) is 4.90 Å². The summed E-state index contributed by atoms with van der Waals surface area (Å²) in [5.41, 5.74) is 1.27. The average molecular weight is 298 g/mol. The topological polar surface area (TPSA) is 12.5 Å². The molecule has 0 spiro atoms. The van der Waals surface area contributed by atoms with Gasteiger partial charge in [-0.05, 0) is 23.8 Å². The second-order valence-electron chi connectivity index (χ2n) is 4.83. The highest BCUT2D eigenvalue weighted by Crippen LogP contribution is 2.32. The summed E-state index contributed by atoms with van der Waals surface area (Å²) in [6.07, 6.45) is 0. The summed E-state index contributed by atoms with van der Waals surface area (Å²) >= 11 is 6.06. The highest BCUT2D eigenvalue weighted by Gasteiger charge is 2.20. The SMILES string of the molecule is CC(Cl)CN1COc2ccc3ccccc3c2C1.Cl. The van der Waals surface area contributed by atoms with E-state index in [-0.39, 0.29) is 17.8 Å². The maximum atomic E-state index is 6.06. The van der Waals surface area contributed by atoms with Crippen molar-refractivity contribution in [1.29, 1.82) is 0 Å². The standard InChI is InChI=1S/C15H16ClNO.ClH/c1-11(16)8-17-9-14-13-5-3-2-4-12(13)6-7-15(14)18-10-17;/h2-7,11H,8-10H2,1H3;1H. The Labute approximate surface area is 124 Å². The van der Waals surface area contributed by atoms with Crippen molar-refractivity contribution < 1.29 is 4.74 Å². The third-order valence-electron chi connectivity index (χ3n) is 3.29. The Hall–Kier alpha value is -0.960. The minimum absolute atomic E-state index is 0. The number of alkyl halides is 1. The van der Waals surface area contributed by atoms with Gasteiger partial charge in [-0.2, -0.15) is 0 Å². The van der Waals surface area contributed by atoms with Crippen LogP contribution in [-0.4, -0.2) is 23.6 Å². The molecule has 0 aliphatic carbocycles. The molecule has 102 valence electrons. The van der Waals surface area contributed by atoms with E-state index in [2.05, 4.69) is 41.3 Å². The van der Waals surface area contributed by atoms with Crippen molar-refractivity contribution in [2.75, 3.05) is 13.3 Å². The lowest BCUT2D eigenvalue weighted by molar-refractivity contribution is 0.0973. The van der Waals surface area contributed by atoms with Crippen molar-refractivity contribution in [3.63, 3.8) is 0 Å². The van der Waals surface area contributed by atoms with E-state index in [1.54, 1.807) is 0 Å². The molecule has 0 saturated carbocycles. The molecule has 1 unspecified atom stereocenters. The van der Waals surface area contributed by atoms with Crippen molar-refractivity contribution in [2.45, 2.75) is 18.8 Å². The number of ether oxygens (including phenoxy) is 1. The number of halogens is 2. The molecule has 0 aromatic heterocycles. The Morgan fingerprint density at radius 2 is 2.05 bits per heavy atom. The lowest BCUT2D eigenvalue weighted by Crippen LogP contribution is -2.35. The maximum Gasteiger partial charge on any atom is 0.142 e. The van der Waals surface area contributed by atoms with Crippen LogP contribution in [-0.2, 0) is 6.54 Å². The molecule has 1 aliphatic heterocycles. The van der Waals surface area contributed by atoms with Crippen LogP contribution >= 0.6 is 24.0 Å². The lowest BCUT2D eigenvalue weighted by atomic mass is 10.0. The van der Waals surface area contributed by atoms with E-state index in [9.17, 15) is 0 Å². The zero-order valence-electron chi connectivity index (χ0n) is 10.8. The molecule has 0 saturated heterocycles. The summed E-state index contributed by atoms with van der Waals surface area (Å²) in [4.78, 5) is 2.24. The van der Waals surface area contributed by atoms with Gasteiger partial charge in [0.05, 0.1) is 0 Å². The van der Waals surface area contributed by atoms with Gasteiger partial charge in [-0.25, -0.2) is 0 Å². The molecule has 1 atom stereocenters. The van der Waals surface area contributed by atoms with Crippen LogP contribution in [0.5, 0.6) is 5.75 Å². The minimum atomic E-state index is 0. The summed E-state index contributed by atoms with van der Waals surface area (Å²) in [5.74, 6) is 1.01. The number of hydrogen-bond acceptors (Lipinski definition) is 2. The van der Waals surface area contributed by atoms with Crippen LogP contribution in [0.4, 0.5) is 0 Å². The Kier molecular flexibility index (Phi) is 4.56. The van der Waals surface area contributed by atoms with Gasteiger partial charge in [0.25, 0.3) is 0 Å². The third kappa shape index (κ3) is 2.97. The highest BCUT2D eigenvalue weighted by molar-refractivity contribution is 6.20. The molecule has 4 heteroatoms. The Morgan fingerprint density at radius 3 is 2.84 bits per heavy atom. The number of hydrogen-bond donors (Lipinski definition) is 0. The van der Waals surface area contributed by atoms with Gasteiger partial charge in [0.1, 0.15) is 12.5 Å². The van der Waals surface area contributed by atoms with Crippen LogP contribution in [0, 0.1) is 0 Å². The fraction of sp³-hybridized carbons (Fsp3) is 0.333. The Balaban J connectivity index is 0.00000133. The van der Waals surface area contributed by atoms with Gasteiger partial charge in [-0.15, -0.1) is 24.0 Å². The monoisotopic (exact) mass is 297 g/mol. The first-order valence-corrected chi connectivity index (χ1v) is 6.67. The minimum Gasteiger partial charge on any atom is -0.478 e. The van der Waals surface area contributed by atoms with Crippen molar-refractivity contribution >= 4 is 34.8 Å². The second kappa shape index (κ2) is 6.00. The molecular formula is C15H17Cl2NO. The van der Waals surface area contributed by atoms with Crippen molar-refractivity contribution in [3.8, 4) is 5.75 Å². The van der Waals surface area contributed by atoms with E-state index in [4.69, 9.17) is 16.3 Å². The molecule has 0 N–H and O–H groups in total. The predicted octanol–water partition coefficient (Wildman–Crippen LogP) is 4.04. The highest BCUT2D eigenvalue weighted by atomic mass is 35.5. The number of nitrogens with zero attached hydrogens (tertiary/aromatic N) is 1. The van der Waals surface area contributed by atoms with E-state index >= 15 is 0 Å². The van der Waals surface area contributed by atoms with E-state index in [0.717, 1.165) is 18.8 Å². The largest absolute Gasteiger partial charge is 0.478 e. The number of rotatable bonds is 2. The summed E-state index contributed by atoms with van der Waals surface area (Å²) in [5, 5.41) is 2.69. The van der Waals surface area contributed by atoms with Crippen LogP contribution in [0.25, 0.3) is 10.8 Å². The van der Waals surface area contributed by atoms with Gasteiger partial charge in [0, 0.05) is 24.0 Å². The molecule has 0 radical (unpaired) electrons. The zero-order valence-corrected chi connectivity index (χ0v) is 12.4. The van der Waals surface area contributed by atoms with Crippen molar-refractivity contribution in [3.05, 3.63) is 42.0 Å². The van der Waals surface area contributed by atoms with E-state index < -0.39 is 0 Å². The molecule has 0 bridgehead atoms. The zero-order chi connectivity index (χ0) is 12.5. The van der Waals surface area contributed by atoms with Gasteiger partial charge in [-0.3, -0.25) is 4.90 Å². The summed E-state index contributed by atoms with van der Waals surface area (Å²) in [6, 6.07) is 12.6. The average Bonchev–Trinajstić information content (AvgIpc) is 2.38. The maximum absolute atomic E-state index is 6.06. The van der Waals surface area contributed by atoms with Gasteiger partial charge in [0.15, 0.2) is 0 Å². The number of benzene rings is 2. The van der Waals surface area contributed by atoms with Crippen molar-refractivity contribution in [2.24, 2.45) is 0 Å². The quantitative estimate of drug-likeness (QED) is 0.776. The third-order valence-corrected chi connectivity index (χ3v) is 3.43. The van der Waals surface area contributed by atoms with Gasteiger partial charge in [0.2, 0.25) is 0 Å². The summed E-state index contributed by atoms with van der Waals surface area (Å²) in [7, 11) is 0. The Morgan fingerprint density at radius 1 is 1.26 bits per heavy atom. The van der Waals surface area contributed by atoms with Crippen LogP contribution in [0.3, 0.4) is 0 Å². The molecule has 1 aliphatic rings. The first kappa shape index (κ1) is 14.4. The molecule has 0 fully saturated rings. The normalized spacial score (nSPS) is 16.3. The lowest BCUT2D eigenvalue weighted by Gasteiger charge is -2.30. The van der Waals surface area contributed by atoms with E-state index in [0.29, 0.717) is 6.73 Å². The molecule has 1 heterocycles. The molecule has 2 nitrogen and oxygen atoms in total. The molecule has 2 aromatic rings. The first-order valence-electron chi connectivity index (χ1n) is 6.24. The molecule has 2 aromatic carbocycles. The van der Waals surface area contributed by atoms with Crippen LogP contribution in [0.15, 0.2) is 36.4 Å². The molecule has 0 amide bonds. The van der Waals surface area contributed by atoms with E-state index in [1.165, 1.54) is 16.3 Å². The summed E-state index contributed by atoms with van der Waals surface area (Å²) < 4.78 is 5.81. The smallest absolute Gasteiger partial charge is 0.142 e. The fourth-order valence-corrected chi connectivity index (χ4v) is 2.71. The Bertz CT molecular complexity index is 571. The van der Waals surface area contributed by atoms with Gasteiger partial charge < -0.3 is 4.74 Å². The second-order valence-corrected chi connectivity index (χ2v) is 5.57.